The second-order valence-corrected chi connectivity index (χ2v) is 9.61. The van der Waals surface area contributed by atoms with Gasteiger partial charge in [-0.2, -0.15) is 5.10 Å². The minimum absolute atomic E-state index is 0.233. The van der Waals surface area contributed by atoms with Gasteiger partial charge in [-0.1, -0.05) is 18.1 Å². The molecule has 7 heteroatoms. The number of hydrogen-bond acceptors (Lipinski definition) is 5. The number of benzene rings is 1. The lowest BCUT2D eigenvalue weighted by Gasteiger charge is -2.31. The topological polar surface area (TPSA) is 60.2 Å². The molecule has 0 saturated carbocycles. The van der Waals surface area contributed by atoms with Crippen molar-refractivity contribution in [1.82, 2.24) is 19.7 Å². The molecule has 3 aromatic rings. The van der Waals surface area contributed by atoms with Crippen LogP contribution in [0.25, 0.3) is 21.3 Å². The molecule has 6 nitrogen and oxygen atoms in total. The van der Waals surface area contributed by atoms with Crippen molar-refractivity contribution in [2.45, 2.75) is 39.2 Å². The molecule has 0 N–H and O–H groups in total. The number of aryl methyl sites for hydroxylation is 1. The first-order valence-corrected chi connectivity index (χ1v) is 11.0. The molecule has 0 radical (unpaired) electrons. The molecular formula is C23H26N4O2S. The first-order valence-electron chi connectivity index (χ1n) is 10.2. The van der Waals surface area contributed by atoms with Crippen molar-refractivity contribution in [2.75, 3.05) is 13.1 Å². The zero-order chi connectivity index (χ0) is 21.3. The number of thiazole rings is 1. The molecule has 0 aliphatic carbocycles. The highest BCUT2D eigenvalue weighted by molar-refractivity contribution is 7.15. The second-order valence-electron chi connectivity index (χ2n) is 8.58. The largest absolute Gasteiger partial charge is 0.444 e. The maximum absolute atomic E-state index is 12.2. The lowest BCUT2D eigenvalue weighted by molar-refractivity contribution is 0.0199. The van der Waals surface area contributed by atoms with Crippen molar-refractivity contribution in [3.05, 3.63) is 35.6 Å². The van der Waals surface area contributed by atoms with E-state index in [1.165, 1.54) is 0 Å². The lowest BCUT2D eigenvalue weighted by Crippen LogP contribution is -2.41. The van der Waals surface area contributed by atoms with E-state index in [-0.39, 0.29) is 12.0 Å². The van der Waals surface area contributed by atoms with E-state index < -0.39 is 5.60 Å². The Morgan fingerprint density at radius 3 is 2.73 bits per heavy atom. The molecule has 0 spiro atoms. The van der Waals surface area contributed by atoms with Gasteiger partial charge in [-0.3, -0.25) is 4.68 Å². The molecule has 1 aliphatic heterocycles. The number of fused-ring (bicyclic) bond motifs is 1. The number of hydrogen-bond donors (Lipinski definition) is 0. The summed E-state index contributed by atoms with van der Waals surface area (Å²) in [5.41, 5.74) is 1.77. The van der Waals surface area contributed by atoms with Gasteiger partial charge < -0.3 is 9.64 Å². The molecule has 3 heterocycles. The monoisotopic (exact) mass is 422 g/mol. The molecular weight excluding hydrogens is 396 g/mol. The van der Waals surface area contributed by atoms with Crippen LogP contribution < -0.4 is 0 Å². The number of ether oxygens (including phenoxy) is 1. The fourth-order valence-corrected chi connectivity index (χ4v) is 4.23. The predicted molar refractivity (Wildman–Crippen MR) is 119 cm³/mol. The van der Waals surface area contributed by atoms with E-state index in [1.807, 2.05) is 44.9 Å². The fourth-order valence-electron chi connectivity index (χ4n) is 3.46. The third-order valence-electron chi connectivity index (χ3n) is 5.07. The van der Waals surface area contributed by atoms with Crippen molar-refractivity contribution in [3.63, 3.8) is 0 Å². The van der Waals surface area contributed by atoms with Gasteiger partial charge in [0.15, 0.2) is 5.01 Å². The summed E-state index contributed by atoms with van der Waals surface area (Å²) in [6, 6.07) is 6.32. The van der Waals surface area contributed by atoms with Gasteiger partial charge in [0, 0.05) is 37.6 Å². The molecule has 156 valence electrons. The van der Waals surface area contributed by atoms with Gasteiger partial charge in [0.25, 0.3) is 0 Å². The Labute approximate surface area is 180 Å². The highest BCUT2D eigenvalue weighted by atomic mass is 32.1. The van der Waals surface area contributed by atoms with Crippen LogP contribution in [0.5, 0.6) is 0 Å². The van der Waals surface area contributed by atoms with Gasteiger partial charge in [0.05, 0.1) is 16.6 Å². The van der Waals surface area contributed by atoms with Crippen LogP contribution in [0.4, 0.5) is 4.79 Å². The summed E-state index contributed by atoms with van der Waals surface area (Å²) >= 11 is 1.60. The van der Waals surface area contributed by atoms with Crippen molar-refractivity contribution in [3.8, 4) is 22.3 Å². The Balaban J connectivity index is 1.38. The quantitative estimate of drug-likeness (QED) is 0.534. The molecule has 1 aliphatic rings. The molecule has 0 unspecified atom stereocenters. The first kappa shape index (κ1) is 20.4. The van der Waals surface area contributed by atoms with Crippen LogP contribution in [-0.2, 0) is 11.8 Å². The summed E-state index contributed by atoms with van der Waals surface area (Å²) in [7, 11) is 1.95. The Morgan fingerprint density at radius 1 is 1.23 bits per heavy atom. The van der Waals surface area contributed by atoms with Crippen molar-refractivity contribution in [2.24, 2.45) is 13.0 Å². The van der Waals surface area contributed by atoms with E-state index in [0.717, 1.165) is 39.2 Å². The summed E-state index contributed by atoms with van der Waals surface area (Å²) in [6.45, 7) is 7.03. The molecule has 4 rings (SSSR count). The number of aromatic nitrogens is 3. The molecule has 1 aromatic carbocycles. The smallest absolute Gasteiger partial charge is 0.410 e. The van der Waals surface area contributed by atoms with Gasteiger partial charge in [0.1, 0.15) is 5.60 Å². The number of carbonyl (C=O) groups excluding carboxylic acids is 1. The number of likely N-dealkylation sites (tertiary alicyclic amines) is 1. The average Bonchev–Trinajstić information content (AvgIpc) is 3.32. The molecule has 1 amide bonds. The Bertz CT molecular complexity index is 1120. The van der Waals surface area contributed by atoms with Crippen LogP contribution >= 0.6 is 11.3 Å². The Kier molecular flexibility index (Phi) is 5.52. The molecule has 1 saturated heterocycles. The predicted octanol–water partition coefficient (Wildman–Crippen LogP) is 4.70. The molecule has 2 aromatic heterocycles. The average molecular weight is 423 g/mol. The van der Waals surface area contributed by atoms with E-state index in [9.17, 15) is 4.79 Å². The minimum atomic E-state index is -0.461. The van der Waals surface area contributed by atoms with Crippen molar-refractivity contribution < 1.29 is 9.53 Å². The zero-order valence-electron chi connectivity index (χ0n) is 17.8. The van der Waals surface area contributed by atoms with Crippen molar-refractivity contribution in [1.29, 1.82) is 0 Å². The second kappa shape index (κ2) is 8.11. The van der Waals surface area contributed by atoms with Gasteiger partial charge in [0.2, 0.25) is 0 Å². The summed E-state index contributed by atoms with van der Waals surface area (Å²) in [5, 5.41) is 6.25. The van der Waals surface area contributed by atoms with Gasteiger partial charge >= 0.3 is 6.09 Å². The Hall–Kier alpha value is -2.85. The number of piperidine rings is 1. The number of nitrogens with zero attached hydrogens (tertiary/aromatic N) is 4. The van der Waals surface area contributed by atoms with E-state index in [1.54, 1.807) is 16.2 Å². The van der Waals surface area contributed by atoms with E-state index in [4.69, 9.17) is 4.74 Å². The van der Waals surface area contributed by atoms with Crippen LogP contribution in [0.2, 0.25) is 0 Å². The van der Waals surface area contributed by atoms with Crippen molar-refractivity contribution >= 4 is 28.3 Å². The maximum Gasteiger partial charge on any atom is 0.410 e. The third kappa shape index (κ3) is 4.65. The molecule has 0 bridgehead atoms. The summed E-state index contributed by atoms with van der Waals surface area (Å²) < 4.78 is 7.33. The maximum atomic E-state index is 12.2. The standard InChI is InChI=1S/C23H26N4O2S/c1-23(2,3)29-22(28)27-11-9-16(10-12-27)5-8-21-24-15-20(30-21)17-6-7-18-14-25-26(4)19(18)13-17/h6-7,13-16H,9-12H2,1-4H3. The fraction of sp³-hybridized carbons (Fsp3) is 0.435. The van der Waals surface area contributed by atoms with Gasteiger partial charge in [-0.15, -0.1) is 11.3 Å². The zero-order valence-corrected chi connectivity index (χ0v) is 18.6. The Morgan fingerprint density at radius 2 is 2.00 bits per heavy atom. The van der Waals surface area contributed by atoms with Gasteiger partial charge in [-0.05, 0) is 51.2 Å². The van der Waals surface area contributed by atoms with Crippen LogP contribution in [0.3, 0.4) is 0 Å². The van der Waals surface area contributed by atoms with E-state index in [0.29, 0.717) is 13.1 Å². The molecule has 30 heavy (non-hydrogen) atoms. The highest BCUT2D eigenvalue weighted by Crippen LogP contribution is 2.29. The first-order chi connectivity index (χ1) is 14.3. The van der Waals surface area contributed by atoms with Gasteiger partial charge in [-0.25, -0.2) is 9.78 Å². The molecule has 1 fully saturated rings. The highest BCUT2D eigenvalue weighted by Gasteiger charge is 2.26. The summed E-state index contributed by atoms with van der Waals surface area (Å²) in [4.78, 5) is 19.5. The molecule has 0 atom stereocenters. The van der Waals surface area contributed by atoms with Crippen LogP contribution in [-0.4, -0.2) is 44.4 Å². The summed E-state index contributed by atoms with van der Waals surface area (Å²) in [6.07, 6.45) is 5.25. The van der Waals surface area contributed by atoms with E-state index >= 15 is 0 Å². The minimum Gasteiger partial charge on any atom is -0.444 e. The number of amides is 1. The number of rotatable bonds is 1. The SMILES string of the molecule is Cn1ncc2ccc(-c3cnc(C#CC4CCN(C(=O)OC(C)(C)C)CC4)s3)cc21. The van der Waals surface area contributed by atoms with Crippen LogP contribution in [0.15, 0.2) is 30.6 Å². The lowest BCUT2D eigenvalue weighted by atomic mass is 9.98. The van der Waals surface area contributed by atoms with Crippen LogP contribution in [0.1, 0.15) is 38.6 Å². The van der Waals surface area contributed by atoms with E-state index in [2.05, 4.69) is 40.1 Å². The summed E-state index contributed by atoms with van der Waals surface area (Å²) in [5.74, 6) is 6.87. The normalized spacial score (nSPS) is 15.1. The third-order valence-corrected chi connectivity index (χ3v) is 6.03. The van der Waals surface area contributed by atoms with Crippen LogP contribution in [0, 0.1) is 17.8 Å². The number of carbonyl (C=O) groups is 1.